The maximum atomic E-state index is 13.1. The Morgan fingerprint density at radius 1 is 1.08 bits per heavy atom. The van der Waals surface area contributed by atoms with Gasteiger partial charge in [0.05, 0.1) is 11.6 Å². The van der Waals surface area contributed by atoms with Gasteiger partial charge in [-0.25, -0.2) is 5.01 Å². The van der Waals surface area contributed by atoms with E-state index in [0.717, 1.165) is 37.1 Å². The summed E-state index contributed by atoms with van der Waals surface area (Å²) in [6.07, 6.45) is 4.04. The van der Waals surface area contributed by atoms with E-state index in [0.29, 0.717) is 17.5 Å². The van der Waals surface area contributed by atoms with Gasteiger partial charge in [0.25, 0.3) is 5.91 Å². The van der Waals surface area contributed by atoms with Crippen molar-refractivity contribution in [3.63, 3.8) is 0 Å². The fourth-order valence-electron chi connectivity index (χ4n) is 3.36. The van der Waals surface area contributed by atoms with E-state index in [1.807, 2.05) is 43.4 Å². The zero-order chi connectivity index (χ0) is 17.6. The van der Waals surface area contributed by atoms with Gasteiger partial charge in [0.1, 0.15) is 0 Å². The first-order valence-electron chi connectivity index (χ1n) is 8.79. The molecule has 1 aliphatic heterocycles. The summed E-state index contributed by atoms with van der Waals surface area (Å²) in [6.45, 7) is 1.82. The Morgan fingerprint density at radius 2 is 1.80 bits per heavy atom. The molecule has 0 bridgehead atoms. The zero-order valence-electron chi connectivity index (χ0n) is 14.6. The van der Waals surface area contributed by atoms with Gasteiger partial charge in [-0.3, -0.25) is 9.80 Å². The van der Waals surface area contributed by atoms with Crippen molar-refractivity contribution in [3.05, 3.63) is 70.8 Å². The third kappa shape index (κ3) is 3.89. The van der Waals surface area contributed by atoms with E-state index in [-0.39, 0.29) is 5.91 Å². The standard InChI is InChI=1S/C21H23N3O/c1-23(24-13-6-3-7-14-24)21(25)19-12-8-11-18(16-22)20(19)15-17-9-4-2-5-10-17/h2,4-5,8-12H,3,6-7,13-15H2,1H3. The van der Waals surface area contributed by atoms with E-state index in [4.69, 9.17) is 0 Å². The van der Waals surface area contributed by atoms with Crippen LogP contribution in [0.4, 0.5) is 0 Å². The first kappa shape index (κ1) is 17.2. The Balaban J connectivity index is 1.92. The first-order chi connectivity index (χ1) is 12.2. The van der Waals surface area contributed by atoms with Crippen molar-refractivity contribution in [1.82, 2.24) is 10.0 Å². The normalized spacial score (nSPS) is 14.7. The van der Waals surface area contributed by atoms with Crippen molar-refractivity contribution in [2.24, 2.45) is 0 Å². The van der Waals surface area contributed by atoms with Crippen molar-refractivity contribution in [2.45, 2.75) is 25.7 Å². The van der Waals surface area contributed by atoms with E-state index in [9.17, 15) is 10.1 Å². The summed E-state index contributed by atoms with van der Waals surface area (Å²) >= 11 is 0. The molecular formula is C21H23N3O. The van der Waals surface area contributed by atoms with Crippen molar-refractivity contribution in [1.29, 1.82) is 5.26 Å². The highest BCUT2D eigenvalue weighted by molar-refractivity contribution is 5.96. The van der Waals surface area contributed by atoms with Crippen LogP contribution >= 0.6 is 0 Å². The van der Waals surface area contributed by atoms with Crippen LogP contribution in [0.5, 0.6) is 0 Å². The fraction of sp³-hybridized carbons (Fsp3) is 0.333. The van der Waals surface area contributed by atoms with Crippen LogP contribution < -0.4 is 0 Å². The zero-order valence-corrected chi connectivity index (χ0v) is 14.6. The van der Waals surface area contributed by atoms with E-state index in [2.05, 4.69) is 11.1 Å². The van der Waals surface area contributed by atoms with Crippen LogP contribution in [0.2, 0.25) is 0 Å². The van der Waals surface area contributed by atoms with Crippen LogP contribution in [0.1, 0.15) is 46.3 Å². The Labute approximate surface area is 149 Å². The Bertz CT molecular complexity index is 773. The topological polar surface area (TPSA) is 47.3 Å². The lowest BCUT2D eigenvalue weighted by atomic mass is 9.94. The minimum Gasteiger partial charge on any atom is -0.274 e. The molecule has 1 amide bonds. The van der Waals surface area contributed by atoms with E-state index < -0.39 is 0 Å². The first-order valence-corrected chi connectivity index (χ1v) is 8.79. The highest BCUT2D eigenvalue weighted by Crippen LogP contribution is 2.21. The molecule has 0 saturated carbocycles. The lowest BCUT2D eigenvalue weighted by Gasteiger charge is -2.35. The van der Waals surface area contributed by atoms with Crippen LogP contribution in [0.15, 0.2) is 48.5 Å². The van der Waals surface area contributed by atoms with Gasteiger partial charge in [-0.05, 0) is 42.5 Å². The van der Waals surface area contributed by atoms with Crippen molar-refractivity contribution < 1.29 is 4.79 Å². The number of piperidine rings is 1. The van der Waals surface area contributed by atoms with Crippen molar-refractivity contribution in [3.8, 4) is 6.07 Å². The third-order valence-electron chi connectivity index (χ3n) is 4.80. The summed E-state index contributed by atoms with van der Waals surface area (Å²) in [4.78, 5) is 13.1. The summed E-state index contributed by atoms with van der Waals surface area (Å²) in [6, 6.07) is 17.6. The number of rotatable bonds is 4. The summed E-state index contributed by atoms with van der Waals surface area (Å²) < 4.78 is 0. The predicted molar refractivity (Wildman–Crippen MR) is 97.9 cm³/mol. The molecule has 3 rings (SSSR count). The molecule has 1 aliphatic rings. The molecule has 0 N–H and O–H groups in total. The average Bonchev–Trinajstić information content (AvgIpc) is 2.68. The number of hydrogen-bond acceptors (Lipinski definition) is 3. The van der Waals surface area contributed by atoms with Crippen LogP contribution in [0.25, 0.3) is 0 Å². The maximum absolute atomic E-state index is 13.1. The smallest absolute Gasteiger partial charge is 0.268 e. The third-order valence-corrected chi connectivity index (χ3v) is 4.80. The SMILES string of the molecule is CN(C(=O)c1cccc(C#N)c1Cc1ccccc1)N1CCCCC1. The Hall–Kier alpha value is -2.64. The van der Waals surface area contributed by atoms with Crippen LogP contribution in [-0.2, 0) is 6.42 Å². The molecule has 0 aliphatic carbocycles. The second kappa shape index (κ2) is 7.96. The summed E-state index contributed by atoms with van der Waals surface area (Å²) in [5.41, 5.74) is 3.10. The molecule has 1 saturated heterocycles. The second-order valence-corrected chi connectivity index (χ2v) is 6.45. The molecular weight excluding hydrogens is 310 g/mol. The van der Waals surface area contributed by atoms with Gasteiger partial charge in [-0.15, -0.1) is 0 Å². The number of benzene rings is 2. The lowest BCUT2D eigenvalue weighted by molar-refractivity contribution is -0.00505. The van der Waals surface area contributed by atoms with Crippen LogP contribution in [0.3, 0.4) is 0 Å². The minimum absolute atomic E-state index is 0.0371. The number of nitriles is 1. The Kier molecular flexibility index (Phi) is 5.47. The monoisotopic (exact) mass is 333 g/mol. The molecule has 4 nitrogen and oxygen atoms in total. The molecule has 25 heavy (non-hydrogen) atoms. The predicted octanol–water partition coefficient (Wildman–Crippen LogP) is 3.62. The second-order valence-electron chi connectivity index (χ2n) is 6.45. The number of nitrogens with zero attached hydrogens (tertiary/aromatic N) is 3. The molecule has 0 atom stereocenters. The van der Waals surface area contributed by atoms with Crippen molar-refractivity contribution >= 4 is 5.91 Å². The molecule has 1 heterocycles. The van der Waals surface area contributed by atoms with Gasteiger partial charge < -0.3 is 0 Å². The molecule has 128 valence electrons. The maximum Gasteiger partial charge on any atom is 0.268 e. The highest BCUT2D eigenvalue weighted by atomic mass is 16.2. The van der Waals surface area contributed by atoms with Crippen LogP contribution in [-0.4, -0.2) is 36.1 Å². The minimum atomic E-state index is -0.0371. The lowest BCUT2D eigenvalue weighted by Crippen LogP contribution is -2.46. The van der Waals surface area contributed by atoms with Crippen LogP contribution in [0, 0.1) is 11.3 Å². The molecule has 0 spiro atoms. The Morgan fingerprint density at radius 3 is 2.48 bits per heavy atom. The largest absolute Gasteiger partial charge is 0.274 e. The summed E-state index contributed by atoms with van der Waals surface area (Å²) in [5, 5.41) is 13.3. The van der Waals surface area contributed by atoms with Gasteiger partial charge in [0, 0.05) is 25.7 Å². The number of amides is 1. The molecule has 1 fully saturated rings. The van der Waals surface area contributed by atoms with Crippen molar-refractivity contribution in [2.75, 3.05) is 20.1 Å². The quantitative estimate of drug-likeness (QED) is 0.858. The molecule has 0 unspecified atom stereocenters. The van der Waals surface area contributed by atoms with E-state index in [1.165, 1.54) is 6.42 Å². The summed E-state index contributed by atoms with van der Waals surface area (Å²) in [5.74, 6) is -0.0371. The molecule has 2 aromatic rings. The van der Waals surface area contributed by atoms with Gasteiger partial charge >= 0.3 is 0 Å². The number of carbonyl (C=O) groups is 1. The van der Waals surface area contributed by atoms with Gasteiger partial charge in [0.15, 0.2) is 0 Å². The fourth-order valence-corrected chi connectivity index (χ4v) is 3.36. The van der Waals surface area contributed by atoms with Gasteiger partial charge in [-0.2, -0.15) is 5.26 Å². The van der Waals surface area contributed by atoms with Gasteiger partial charge in [-0.1, -0.05) is 42.8 Å². The molecule has 0 radical (unpaired) electrons. The average molecular weight is 333 g/mol. The molecule has 4 heteroatoms. The molecule has 2 aromatic carbocycles. The van der Waals surface area contributed by atoms with E-state index in [1.54, 1.807) is 17.1 Å². The summed E-state index contributed by atoms with van der Waals surface area (Å²) in [7, 11) is 1.83. The number of hydrogen-bond donors (Lipinski definition) is 0. The van der Waals surface area contributed by atoms with E-state index >= 15 is 0 Å². The van der Waals surface area contributed by atoms with Gasteiger partial charge in [0.2, 0.25) is 0 Å². The number of hydrazine groups is 1. The molecule has 0 aromatic heterocycles. The number of carbonyl (C=O) groups excluding carboxylic acids is 1. The highest BCUT2D eigenvalue weighted by Gasteiger charge is 2.23.